The lowest BCUT2D eigenvalue weighted by molar-refractivity contribution is -0.130. The van der Waals surface area contributed by atoms with Crippen LogP contribution in [0.5, 0.6) is 0 Å². The van der Waals surface area contributed by atoms with Gasteiger partial charge in [0, 0.05) is 19.1 Å². The number of amides is 1. The maximum Gasteiger partial charge on any atom is 0.250 e. The number of nitrogens with two attached hydrogens (primary N) is 1. The van der Waals surface area contributed by atoms with Crippen molar-refractivity contribution >= 4 is 15.9 Å². The van der Waals surface area contributed by atoms with Gasteiger partial charge in [-0.15, -0.1) is 0 Å². The highest BCUT2D eigenvalue weighted by Crippen LogP contribution is 2.04. The van der Waals surface area contributed by atoms with E-state index >= 15 is 0 Å². The van der Waals surface area contributed by atoms with Gasteiger partial charge in [-0.2, -0.15) is 0 Å². The van der Waals surface area contributed by atoms with E-state index in [-0.39, 0.29) is 13.1 Å². The number of carbonyl (C=O) groups is 1. The van der Waals surface area contributed by atoms with Gasteiger partial charge in [-0.25, -0.2) is 13.1 Å². The summed E-state index contributed by atoms with van der Waals surface area (Å²) in [5.74, 6) is -0.617. The molecule has 0 radical (unpaired) electrons. The average Bonchev–Trinajstić information content (AvgIpc) is 2.42. The van der Waals surface area contributed by atoms with Crippen molar-refractivity contribution in [2.24, 2.45) is 5.73 Å². The monoisotopic (exact) mass is 315 g/mol. The molecule has 0 aliphatic rings. The summed E-state index contributed by atoms with van der Waals surface area (Å²) in [7, 11) is -3.29. The van der Waals surface area contributed by atoms with Gasteiger partial charge >= 0.3 is 0 Å². The maximum absolute atomic E-state index is 11.7. The lowest BCUT2D eigenvalue weighted by Crippen LogP contribution is -2.48. The van der Waals surface area contributed by atoms with Crippen LogP contribution in [0.4, 0.5) is 0 Å². The van der Waals surface area contributed by atoms with E-state index < -0.39 is 28.1 Å². The Morgan fingerprint density at radius 3 is 2.48 bits per heavy atom. The third-order valence-electron chi connectivity index (χ3n) is 2.78. The van der Waals surface area contributed by atoms with Gasteiger partial charge in [0.2, 0.25) is 10.0 Å². The Morgan fingerprint density at radius 2 is 1.90 bits per heavy atom. The molecule has 8 heteroatoms. The number of hydrogen-bond donors (Lipinski definition) is 4. The highest BCUT2D eigenvalue weighted by atomic mass is 32.2. The molecule has 0 aliphatic carbocycles. The van der Waals surface area contributed by atoms with Crippen LogP contribution >= 0.6 is 0 Å². The number of nitrogens with one attached hydrogen (secondary N) is 2. The number of benzene rings is 1. The quantitative estimate of drug-likeness (QED) is 0.439. The molecule has 118 valence electrons. The minimum Gasteiger partial charge on any atom is -0.382 e. The molecule has 7 nitrogen and oxygen atoms in total. The van der Waals surface area contributed by atoms with Gasteiger partial charge in [0.25, 0.3) is 5.91 Å². The zero-order valence-electron chi connectivity index (χ0n) is 11.8. The van der Waals surface area contributed by atoms with Crippen LogP contribution in [0.15, 0.2) is 30.3 Å². The molecule has 1 aromatic rings. The van der Waals surface area contributed by atoms with Crippen LogP contribution in [0.25, 0.3) is 0 Å². The molecule has 21 heavy (non-hydrogen) atoms. The summed E-state index contributed by atoms with van der Waals surface area (Å²) >= 11 is 0. The van der Waals surface area contributed by atoms with Crippen molar-refractivity contribution in [3.63, 3.8) is 0 Å². The fraction of sp³-hybridized carbons (Fsp3) is 0.462. The van der Waals surface area contributed by atoms with Gasteiger partial charge in [-0.3, -0.25) is 4.79 Å². The van der Waals surface area contributed by atoms with Gasteiger partial charge in [0.1, 0.15) is 6.10 Å². The Hall–Kier alpha value is -1.48. The van der Waals surface area contributed by atoms with Gasteiger partial charge in [0.05, 0.1) is 6.26 Å². The van der Waals surface area contributed by atoms with Crippen LogP contribution in [0.1, 0.15) is 5.56 Å². The standard InChI is InChI=1S/C13H21N3O4S/c1-21(19,20)16-8-7-15-13(18)12(17)11(14)9-10-5-3-2-4-6-10/h2-6,11-12,16-17H,7-9,14H2,1H3,(H,15,18). The molecule has 5 N–H and O–H groups in total. The Balaban J connectivity index is 2.36. The molecule has 0 fully saturated rings. The van der Waals surface area contributed by atoms with Crippen molar-refractivity contribution in [1.29, 1.82) is 0 Å². The van der Waals surface area contributed by atoms with Crippen LogP contribution in [0.3, 0.4) is 0 Å². The molecular weight excluding hydrogens is 294 g/mol. The van der Waals surface area contributed by atoms with Crippen LogP contribution in [0.2, 0.25) is 0 Å². The summed E-state index contributed by atoms with van der Waals surface area (Å²) in [6.45, 7) is 0.145. The van der Waals surface area contributed by atoms with E-state index in [0.717, 1.165) is 11.8 Å². The molecule has 0 heterocycles. The van der Waals surface area contributed by atoms with E-state index in [2.05, 4.69) is 10.0 Å². The second-order valence-corrected chi connectivity index (χ2v) is 6.59. The lowest BCUT2D eigenvalue weighted by atomic mass is 10.0. The van der Waals surface area contributed by atoms with Gasteiger partial charge in [-0.05, 0) is 12.0 Å². The van der Waals surface area contributed by atoms with E-state index in [0.29, 0.717) is 6.42 Å². The molecule has 0 aromatic heterocycles. The van der Waals surface area contributed by atoms with Crippen molar-refractivity contribution < 1.29 is 18.3 Å². The highest BCUT2D eigenvalue weighted by molar-refractivity contribution is 7.88. The summed E-state index contributed by atoms with van der Waals surface area (Å²) in [5, 5.41) is 12.3. The number of aliphatic hydroxyl groups is 1. The Labute approximate surface area is 124 Å². The van der Waals surface area contributed by atoms with E-state index in [1.165, 1.54) is 0 Å². The first-order chi connectivity index (χ1) is 9.79. The van der Waals surface area contributed by atoms with Gasteiger partial charge < -0.3 is 16.2 Å². The first-order valence-electron chi connectivity index (χ1n) is 6.49. The predicted octanol–water partition coefficient (Wildman–Crippen LogP) is -1.42. The predicted molar refractivity (Wildman–Crippen MR) is 80.0 cm³/mol. The topological polar surface area (TPSA) is 122 Å². The molecule has 0 bridgehead atoms. The average molecular weight is 315 g/mol. The SMILES string of the molecule is CS(=O)(=O)NCCNC(=O)C(O)C(N)Cc1ccccc1. The fourth-order valence-electron chi connectivity index (χ4n) is 1.72. The zero-order valence-corrected chi connectivity index (χ0v) is 12.6. The number of rotatable bonds is 8. The third kappa shape index (κ3) is 7.19. The summed E-state index contributed by atoms with van der Waals surface area (Å²) in [6, 6.07) is 8.57. The van der Waals surface area contributed by atoms with E-state index in [9.17, 15) is 18.3 Å². The molecule has 0 aliphatic heterocycles. The molecule has 0 spiro atoms. The van der Waals surface area contributed by atoms with Crippen LogP contribution < -0.4 is 15.8 Å². The zero-order chi connectivity index (χ0) is 15.9. The number of sulfonamides is 1. The molecule has 0 saturated carbocycles. The highest BCUT2D eigenvalue weighted by Gasteiger charge is 2.22. The molecule has 1 amide bonds. The fourth-order valence-corrected chi connectivity index (χ4v) is 2.19. The third-order valence-corrected chi connectivity index (χ3v) is 3.51. The van der Waals surface area contributed by atoms with Gasteiger partial charge in [-0.1, -0.05) is 30.3 Å². The van der Waals surface area contributed by atoms with Crippen molar-refractivity contribution in [2.75, 3.05) is 19.3 Å². The van der Waals surface area contributed by atoms with E-state index in [1.807, 2.05) is 30.3 Å². The molecule has 2 unspecified atom stereocenters. The minimum absolute atomic E-state index is 0.0607. The molecule has 2 atom stereocenters. The number of carbonyl (C=O) groups excluding carboxylic acids is 1. The first-order valence-corrected chi connectivity index (χ1v) is 8.38. The second-order valence-electron chi connectivity index (χ2n) is 4.76. The van der Waals surface area contributed by atoms with Crippen molar-refractivity contribution in [1.82, 2.24) is 10.0 Å². The smallest absolute Gasteiger partial charge is 0.250 e. The summed E-state index contributed by atoms with van der Waals surface area (Å²) in [5.41, 5.74) is 6.73. The second kappa shape index (κ2) is 8.08. The van der Waals surface area contributed by atoms with Crippen LogP contribution in [0, 0.1) is 0 Å². The number of hydrogen-bond acceptors (Lipinski definition) is 5. The molecule has 1 rings (SSSR count). The maximum atomic E-state index is 11.7. The van der Waals surface area contributed by atoms with Crippen molar-refractivity contribution in [2.45, 2.75) is 18.6 Å². The van der Waals surface area contributed by atoms with Crippen LogP contribution in [-0.4, -0.2) is 50.9 Å². The van der Waals surface area contributed by atoms with Crippen molar-refractivity contribution in [3.05, 3.63) is 35.9 Å². The van der Waals surface area contributed by atoms with E-state index in [1.54, 1.807) is 0 Å². The van der Waals surface area contributed by atoms with Gasteiger partial charge in [0.15, 0.2) is 0 Å². The summed E-state index contributed by atoms with van der Waals surface area (Å²) in [4.78, 5) is 11.7. The first kappa shape index (κ1) is 17.6. The minimum atomic E-state index is -3.29. The number of aliphatic hydroxyl groups excluding tert-OH is 1. The Morgan fingerprint density at radius 1 is 1.29 bits per heavy atom. The molecule has 1 aromatic carbocycles. The Kier molecular flexibility index (Phi) is 6.76. The van der Waals surface area contributed by atoms with E-state index in [4.69, 9.17) is 5.73 Å². The summed E-state index contributed by atoms with van der Waals surface area (Å²) < 4.78 is 23.9. The normalized spacial score (nSPS) is 14.4. The molecular formula is C13H21N3O4S. The van der Waals surface area contributed by atoms with Crippen molar-refractivity contribution in [3.8, 4) is 0 Å². The lowest BCUT2D eigenvalue weighted by Gasteiger charge is -2.18. The van der Waals surface area contributed by atoms with Crippen LogP contribution in [-0.2, 0) is 21.2 Å². The largest absolute Gasteiger partial charge is 0.382 e. The molecule has 0 saturated heterocycles. The Bertz CT molecular complexity index is 548. The summed E-state index contributed by atoms with van der Waals surface area (Å²) in [6.07, 6.45) is 0.0552.